The van der Waals surface area contributed by atoms with Crippen molar-refractivity contribution >= 4 is 5.69 Å². The number of nitrogens with zero attached hydrogens (tertiary/aromatic N) is 2. The Labute approximate surface area is 137 Å². The molecule has 2 aromatic rings. The third kappa shape index (κ3) is 4.29. The molecule has 0 radical (unpaired) electrons. The molecule has 0 spiro atoms. The maximum absolute atomic E-state index is 13.2. The molecule has 0 saturated carbocycles. The van der Waals surface area contributed by atoms with Crippen LogP contribution in [0.3, 0.4) is 0 Å². The smallest absolute Gasteiger partial charge is 0.123 e. The monoisotopic (exact) mass is 313 g/mol. The highest BCUT2D eigenvalue weighted by molar-refractivity contribution is 5.53. The molecule has 4 heteroatoms. The number of hydrogen-bond donors (Lipinski definition) is 1. The fraction of sp³-hybridized carbons (Fsp3) is 0.421. The lowest BCUT2D eigenvalue weighted by Crippen LogP contribution is -2.43. The highest BCUT2D eigenvalue weighted by Gasteiger charge is 2.20. The second kappa shape index (κ2) is 7.55. The van der Waals surface area contributed by atoms with Crippen LogP contribution in [0.15, 0.2) is 42.7 Å². The van der Waals surface area contributed by atoms with Crippen molar-refractivity contribution in [1.82, 2.24) is 10.3 Å². The van der Waals surface area contributed by atoms with Crippen LogP contribution in [0.1, 0.15) is 24.0 Å². The second-order valence-corrected chi connectivity index (χ2v) is 6.26. The topological polar surface area (TPSA) is 28.2 Å². The molecule has 1 aliphatic heterocycles. The molecule has 1 saturated heterocycles. The Morgan fingerprint density at radius 2 is 2.09 bits per heavy atom. The van der Waals surface area contributed by atoms with Crippen molar-refractivity contribution in [3.63, 3.8) is 0 Å². The van der Waals surface area contributed by atoms with Crippen LogP contribution in [0.25, 0.3) is 0 Å². The summed E-state index contributed by atoms with van der Waals surface area (Å²) in [7, 11) is 0. The molecule has 0 bridgehead atoms. The van der Waals surface area contributed by atoms with E-state index in [4.69, 9.17) is 0 Å². The van der Waals surface area contributed by atoms with E-state index in [2.05, 4.69) is 21.3 Å². The fourth-order valence-corrected chi connectivity index (χ4v) is 3.26. The molecule has 1 aromatic heterocycles. The predicted octanol–water partition coefficient (Wildman–Crippen LogP) is 3.33. The first kappa shape index (κ1) is 15.9. The third-order valence-corrected chi connectivity index (χ3v) is 4.56. The Morgan fingerprint density at radius 1 is 1.26 bits per heavy atom. The van der Waals surface area contributed by atoms with Gasteiger partial charge in [-0.1, -0.05) is 6.07 Å². The number of aromatic nitrogens is 1. The van der Waals surface area contributed by atoms with E-state index < -0.39 is 0 Å². The van der Waals surface area contributed by atoms with Crippen molar-refractivity contribution in [1.29, 1.82) is 0 Å². The van der Waals surface area contributed by atoms with E-state index in [0.717, 1.165) is 44.5 Å². The molecule has 3 nitrogen and oxygen atoms in total. The number of rotatable bonds is 5. The minimum Gasteiger partial charge on any atom is -0.371 e. The molecule has 3 rings (SSSR count). The van der Waals surface area contributed by atoms with Crippen molar-refractivity contribution in [2.75, 3.05) is 24.5 Å². The molecule has 2 heterocycles. The van der Waals surface area contributed by atoms with Crippen LogP contribution in [0.4, 0.5) is 10.1 Å². The van der Waals surface area contributed by atoms with Crippen LogP contribution in [0, 0.1) is 12.7 Å². The van der Waals surface area contributed by atoms with Gasteiger partial charge in [0, 0.05) is 37.2 Å². The molecule has 0 amide bonds. The van der Waals surface area contributed by atoms with Gasteiger partial charge in [-0.2, -0.15) is 0 Å². The molecule has 0 unspecified atom stereocenters. The maximum atomic E-state index is 13.2. The van der Waals surface area contributed by atoms with E-state index in [9.17, 15) is 4.39 Å². The van der Waals surface area contributed by atoms with Gasteiger partial charge in [0.2, 0.25) is 0 Å². The number of pyridine rings is 1. The zero-order valence-corrected chi connectivity index (χ0v) is 13.6. The van der Waals surface area contributed by atoms with E-state index in [1.54, 1.807) is 12.1 Å². The Kier molecular flexibility index (Phi) is 5.23. The van der Waals surface area contributed by atoms with E-state index in [1.807, 2.05) is 31.5 Å². The fourth-order valence-electron chi connectivity index (χ4n) is 3.26. The highest BCUT2D eigenvalue weighted by Crippen LogP contribution is 2.24. The third-order valence-electron chi connectivity index (χ3n) is 4.56. The van der Waals surface area contributed by atoms with Crippen LogP contribution in [0.5, 0.6) is 0 Å². The van der Waals surface area contributed by atoms with Gasteiger partial charge in [-0.05, 0) is 68.1 Å². The van der Waals surface area contributed by atoms with Crippen molar-refractivity contribution in [3.8, 4) is 0 Å². The summed E-state index contributed by atoms with van der Waals surface area (Å²) in [6.45, 7) is 5.02. The van der Waals surface area contributed by atoms with Crippen molar-refractivity contribution in [3.05, 3.63) is 59.7 Å². The van der Waals surface area contributed by atoms with Crippen molar-refractivity contribution in [2.24, 2.45) is 0 Å². The van der Waals surface area contributed by atoms with Crippen molar-refractivity contribution < 1.29 is 4.39 Å². The normalized spacial score (nSPS) is 15.8. The first-order chi connectivity index (χ1) is 11.2. The van der Waals surface area contributed by atoms with Gasteiger partial charge in [0.05, 0.1) is 0 Å². The first-order valence-corrected chi connectivity index (χ1v) is 8.36. The van der Waals surface area contributed by atoms with Crippen molar-refractivity contribution in [2.45, 2.75) is 32.2 Å². The number of benzene rings is 1. The summed E-state index contributed by atoms with van der Waals surface area (Å²) in [5.41, 5.74) is 3.47. The Bertz CT molecular complexity index is 622. The largest absolute Gasteiger partial charge is 0.371 e. The number of halogens is 1. The minimum absolute atomic E-state index is 0.154. The standard InChI is InChI=1S/C19H24FN3/c1-15-13-17(20)4-5-19(15)23-11-7-18(8-12-23)22-10-6-16-3-2-9-21-14-16/h2-5,9,13-14,18,22H,6-8,10-12H2,1H3. The van der Waals surface area contributed by atoms with E-state index >= 15 is 0 Å². The number of piperidine rings is 1. The minimum atomic E-state index is -0.154. The predicted molar refractivity (Wildman–Crippen MR) is 92.3 cm³/mol. The quantitative estimate of drug-likeness (QED) is 0.918. The lowest BCUT2D eigenvalue weighted by molar-refractivity contribution is 0.417. The van der Waals surface area contributed by atoms with Gasteiger partial charge in [-0.15, -0.1) is 0 Å². The van der Waals surface area contributed by atoms with Crippen LogP contribution < -0.4 is 10.2 Å². The molecule has 122 valence electrons. The van der Waals surface area contributed by atoms with Gasteiger partial charge in [0.25, 0.3) is 0 Å². The summed E-state index contributed by atoms with van der Waals surface area (Å²) in [5.74, 6) is -0.154. The van der Waals surface area contributed by atoms with Gasteiger partial charge in [0.1, 0.15) is 5.82 Å². The van der Waals surface area contributed by atoms with Crippen LogP contribution >= 0.6 is 0 Å². The van der Waals surface area contributed by atoms with Gasteiger partial charge in [-0.3, -0.25) is 4.98 Å². The summed E-state index contributed by atoms with van der Waals surface area (Å²) < 4.78 is 13.2. The van der Waals surface area contributed by atoms with Crippen LogP contribution in [0.2, 0.25) is 0 Å². The number of hydrogen-bond acceptors (Lipinski definition) is 3. The molecular formula is C19H24FN3. The summed E-state index contributed by atoms with van der Waals surface area (Å²) in [4.78, 5) is 6.52. The average Bonchev–Trinajstić information content (AvgIpc) is 2.57. The van der Waals surface area contributed by atoms with E-state index in [-0.39, 0.29) is 5.82 Å². The Morgan fingerprint density at radius 3 is 2.78 bits per heavy atom. The summed E-state index contributed by atoms with van der Waals surface area (Å²) in [5, 5.41) is 3.65. The summed E-state index contributed by atoms with van der Waals surface area (Å²) in [6, 6.07) is 9.76. The average molecular weight is 313 g/mol. The Hall–Kier alpha value is -1.94. The van der Waals surface area contributed by atoms with Gasteiger partial charge >= 0.3 is 0 Å². The Balaban J connectivity index is 1.45. The SMILES string of the molecule is Cc1cc(F)ccc1N1CCC(NCCc2cccnc2)CC1. The summed E-state index contributed by atoms with van der Waals surface area (Å²) in [6.07, 6.45) is 7.02. The zero-order chi connectivity index (χ0) is 16.1. The maximum Gasteiger partial charge on any atom is 0.123 e. The van der Waals surface area contributed by atoms with Crippen LogP contribution in [-0.4, -0.2) is 30.7 Å². The highest BCUT2D eigenvalue weighted by atomic mass is 19.1. The number of anilines is 1. The second-order valence-electron chi connectivity index (χ2n) is 6.26. The first-order valence-electron chi connectivity index (χ1n) is 8.36. The molecule has 23 heavy (non-hydrogen) atoms. The van der Waals surface area contributed by atoms with Gasteiger partial charge in [-0.25, -0.2) is 4.39 Å². The van der Waals surface area contributed by atoms with Gasteiger partial charge < -0.3 is 10.2 Å². The molecule has 0 aliphatic carbocycles. The lowest BCUT2D eigenvalue weighted by atomic mass is 10.0. The zero-order valence-electron chi connectivity index (χ0n) is 13.6. The van der Waals surface area contributed by atoms with Crippen LogP contribution in [-0.2, 0) is 6.42 Å². The number of nitrogens with one attached hydrogen (secondary N) is 1. The number of aryl methyl sites for hydroxylation is 1. The summed E-state index contributed by atoms with van der Waals surface area (Å²) >= 11 is 0. The van der Waals surface area contributed by atoms with Gasteiger partial charge in [0.15, 0.2) is 0 Å². The molecule has 1 aliphatic rings. The molecular weight excluding hydrogens is 289 g/mol. The van der Waals surface area contributed by atoms with E-state index in [0.29, 0.717) is 6.04 Å². The molecule has 1 fully saturated rings. The molecule has 1 N–H and O–H groups in total. The molecule has 1 aromatic carbocycles. The molecule has 0 atom stereocenters. The lowest BCUT2D eigenvalue weighted by Gasteiger charge is -2.35. The van der Waals surface area contributed by atoms with E-state index in [1.165, 1.54) is 11.3 Å².